The summed E-state index contributed by atoms with van der Waals surface area (Å²) in [7, 11) is 0. The average molecular weight is 572 g/mol. The zero-order valence-electron chi connectivity index (χ0n) is 21.6. The Morgan fingerprint density at radius 3 is 2.80 bits per heavy atom. The van der Waals surface area contributed by atoms with Crippen LogP contribution in [0.15, 0.2) is 67.9 Å². The smallest absolute Gasteiger partial charge is 0.246 e. The number of carbonyl (C=O) groups is 1. The molecule has 11 nitrogen and oxygen atoms in total. The number of anilines is 3. The number of piperidine rings is 2. The first-order chi connectivity index (χ1) is 20.0. The number of nitrogens with one attached hydrogen (secondary N) is 1. The van der Waals surface area contributed by atoms with Crippen LogP contribution in [-0.2, 0) is 4.79 Å². The highest BCUT2D eigenvalue weighted by Gasteiger charge is 2.41. The molecule has 41 heavy (non-hydrogen) atoms. The van der Waals surface area contributed by atoms with Gasteiger partial charge in [0.05, 0.1) is 16.2 Å². The number of piperazine rings is 1. The summed E-state index contributed by atoms with van der Waals surface area (Å²) in [6.45, 7) is 4.93. The Morgan fingerprint density at radius 1 is 1.10 bits per heavy atom. The summed E-state index contributed by atoms with van der Waals surface area (Å²) in [5.41, 5.74) is 1.79. The molecular weight excluding hydrogens is 549 g/mol. The lowest BCUT2D eigenvalue weighted by molar-refractivity contribution is -0.131. The van der Waals surface area contributed by atoms with E-state index in [2.05, 4.69) is 36.8 Å². The van der Waals surface area contributed by atoms with Crippen LogP contribution in [0.25, 0.3) is 16.7 Å². The van der Waals surface area contributed by atoms with Crippen LogP contribution in [0.4, 0.5) is 21.7 Å². The van der Waals surface area contributed by atoms with E-state index in [-0.39, 0.29) is 34.5 Å². The van der Waals surface area contributed by atoms with E-state index < -0.39 is 5.82 Å². The molecule has 0 unspecified atom stereocenters. The maximum absolute atomic E-state index is 15.3. The fourth-order valence-corrected chi connectivity index (χ4v) is 5.70. The topological polar surface area (TPSA) is 114 Å². The number of amides is 1. The van der Waals surface area contributed by atoms with Crippen LogP contribution in [0.1, 0.15) is 12.8 Å². The molecule has 0 spiro atoms. The van der Waals surface area contributed by atoms with Crippen molar-refractivity contribution < 1.29 is 13.9 Å². The van der Waals surface area contributed by atoms with Crippen LogP contribution < -0.4 is 15.0 Å². The van der Waals surface area contributed by atoms with Gasteiger partial charge in [0.1, 0.15) is 41.3 Å². The second-order valence-electron chi connectivity index (χ2n) is 9.91. The van der Waals surface area contributed by atoms with Crippen LogP contribution >= 0.6 is 11.6 Å². The number of halogens is 2. The fraction of sp³-hybridized carbons (Fsp3) is 0.214. The molecule has 0 saturated carbocycles. The molecule has 1 aromatic carbocycles. The summed E-state index contributed by atoms with van der Waals surface area (Å²) >= 11 is 6.49. The Labute approximate surface area is 238 Å². The van der Waals surface area contributed by atoms with Gasteiger partial charge in [0, 0.05) is 43.5 Å². The van der Waals surface area contributed by atoms with Gasteiger partial charge in [0.15, 0.2) is 11.5 Å². The zero-order chi connectivity index (χ0) is 28.1. The van der Waals surface area contributed by atoms with Gasteiger partial charge in [-0.15, -0.1) is 0 Å². The van der Waals surface area contributed by atoms with E-state index in [1.807, 2.05) is 17.0 Å². The van der Waals surface area contributed by atoms with Crippen molar-refractivity contribution in [3.05, 3.63) is 78.7 Å². The Morgan fingerprint density at radius 2 is 1.98 bits per heavy atom. The van der Waals surface area contributed by atoms with Crippen molar-refractivity contribution in [2.24, 2.45) is 0 Å². The van der Waals surface area contributed by atoms with E-state index in [1.54, 1.807) is 22.8 Å². The first-order valence-electron chi connectivity index (χ1n) is 13.0. The first-order valence-corrected chi connectivity index (χ1v) is 13.4. The molecule has 3 aliphatic heterocycles. The lowest BCUT2D eigenvalue weighted by Crippen LogP contribution is -2.64. The second kappa shape index (κ2) is 9.97. The summed E-state index contributed by atoms with van der Waals surface area (Å²) in [5, 5.41) is 7.27. The van der Waals surface area contributed by atoms with Crippen LogP contribution in [-0.4, -0.2) is 65.5 Å². The molecule has 0 radical (unpaired) electrons. The molecule has 2 bridgehead atoms. The molecule has 1 N–H and O–H groups in total. The van der Waals surface area contributed by atoms with Gasteiger partial charge in [-0.3, -0.25) is 4.79 Å². The summed E-state index contributed by atoms with van der Waals surface area (Å²) in [6.07, 6.45) is 7.79. The molecular formula is C28H23ClFN9O2. The summed E-state index contributed by atoms with van der Waals surface area (Å²) in [6, 6.07) is 10.0. The van der Waals surface area contributed by atoms with Crippen molar-refractivity contribution in [2.75, 3.05) is 23.3 Å². The Kier molecular flexibility index (Phi) is 6.11. The number of fused-ring (bicyclic) bond motifs is 5. The minimum atomic E-state index is -0.587. The molecule has 4 aromatic heterocycles. The van der Waals surface area contributed by atoms with Crippen molar-refractivity contribution in [2.45, 2.75) is 24.9 Å². The molecule has 206 valence electrons. The third kappa shape index (κ3) is 4.55. The molecule has 5 aromatic rings. The number of ether oxygens (including phenoxy) is 1. The third-order valence-corrected chi connectivity index (χ3v) is 7.80. The minimum Gasteiger partial charge on any atom is -0.455 e. The number of benzene rings is 1. The SMILES string of the molecule is C=CC(=O)N1C[C@H]2CC[C@@H]1CN2c1ccc2ncnc(Nc3cc(Cl)c(Oc4ccn5ncnc5c4)cc3F)c2n1. The number of rotatable bonds is 6. The number of carbonyl (C=O) groups excluding carboxylic acids is 1. The largest absolute Gasteiger partial charge is 0.455 e. The van der Waals surface area contributed by atoms with Crippen LogP contribution in [0, 0.1) is 5.82 Å². The number of hydrogen-bond donors (Lipinski definition) is 1. The van der Waals surface area contributed by atoms with Gasteiger partial charge in [-0.1, -0.05) is 18.2 Å². The van der Waals surface area contributed by atoms with Crippen molar-refractivity contribution in [1.82, 2.24) is 34.4 Å². The Bertz CT molecular complexity index is 1830. The molecule has 3 aliphatic rings. The number of aromatic nitrogens is 6. The number of hydrogen-bond acceptors (Lipinski definition) is 9. The first kappa shape index (κ1) is 25.1. The van der Waals surface area contributed by atoms with E-state index in [4.69, 9.17) is 21.3 Å². The lowest BCUT2D eigenvalue weighted by atomic mass is 9.90. The molecule has 13 heteroatoms. The van der Waals surface area contributed by atoms with E-state index in [9.17, 15) is 4.79 Å². The predicted molar refractivity (Wildman–Crippen MR) is 151 cm³/mol. The standard InChI is InChI=1S/C28H23ClFN9O2/c1-2-26(40)38-13-16-3-4-17(38)12-37(16)24-6-5-21-27(36-24)28(33-14-31-21)35-22-10-19(29)23(11-20(22)30)41-18-7-8-39-25(9-18)32-15-34-39/h2,5-11,14-17H,1,3-4,12-13H2,(H,31,33,35)/t16-,17-/m1/s1. The highest BCUT2D eigenvalue weighted by Crippen LogP contribution is 2.37. The minimum absolute atomic E-state index is 0.0424. The van der Waals surface area contributed by atoms with Gasteiger partial charge in [-0.05, 0) is 43.2 Å². The van der Waals surface area contributed by atoms with Crippen molar-refractivity contribution >= 4 is 51.5 Å². The maximum Gasteiger partial charge on any atom is 0.246 e. The molecule has 7 heterocycles. The molecule has 3 fully saturated rings. The number of pyridine rings is 2. The van der Waals surface area contributed by atoms with Gasteiger partial charge >= 0.3 is 0 Å². The van der Waals surface area contributed by atoms with Crippen molar-refractivity contribution in [3.8, 4) is 11.5 Å². The van der Waals surface area contributed by atoms with Gasteiger partial charge < -0.3 is 19.9 Å². The predicted octanol–water partition coefficient (Wildman–Crippen LogP) is 4.76. The van der Waals surface area contributed by atoms with E-state index >= 15 is 4.39 Å². The normalized spacial score (nSPS) is 18.2. The third-order valence-electron chi connectivity index (χ3n) is 7.50. The monoisotopic (exact) mass is 571 g/mol. The summed E-state index contributed by atoms with van der Waals surface area (Å²) in [4.78, 5) is 34.1. The quantitative estimate of drug-likeness (QED) is 0.288. The van der Waals surface area contributed by atoms with Gasteiger partial charge in [0.2, 0.25) is 5.91 Å². The second-order valence-corrected chi connectivity index (χ2v) is 10.3. The summed E-state index contributed by atoms with van der Waals surface area (Å²) in [5.74, 6) is 1.05. The van der Waals surface area contributed by atoms with Crippen molar-refractivity contribution in [3.63, 3.8) is 0 Å². The van der Waals surface area contributed by atoms with Crippen molar-refractivity contribution in [1.29, 1.82) is 0 Å². The zero-order valence-corrected chi connectivity index (χ0v) is 22.4. The fourth-order valence-electron chi connectivity index (χ4n) is 5.49. The summed E-state index contributed by atoms with van der Waals surface area (Å²) < 4.78 is 22.7. The maximum atomic E-state index is 15.3. The highest BCUT2D eigenvalue weighted by atomic mass is 35.5. The Hall–Kier alpha value is -4.84. The Balaban J connectivity index is 1.15. The van der Waals surface area contributed by atoms with Crippen LogP contribution in [0.3, 0.4) is 0 Å². The van der Waals surface area contributed by atoms with Gasteiger partial charge in [-0.2, -0.15) is 5.10 Å². The highest BCUT2D eigenvalue weighted by molar-refractivity contribution is 6.32. The molecule has 0 aliphatic carbocycles. The van der Waals surface area contributed by atoms with Crippen LogP contribution in [0.2, 0.25) is 5.02 Å². The molecule has 1 amide bonds. The lowest BCUT2D eigenvalue weighted by Gasteiger charge is -2.51. The van der Waals surface area contributed by atoms with E-state index in [1.165, 1.54) is 30.9 Å². The molecule has 2 atom stereocenters. The molecule has 8 rings (SSSR count). The van der Waals surface area contributed by atoms with E-state index in [0.29, 0.717) is 41.3 Å². The van der Waals surface area contributed by atoms with E-state index in [0.717, 1.165) is 18.7 Å². The van der Waals surface area contributed by atoms with Crippen LogP contribution in [0.5, 0.6) is 11.5 Å². The number of nitrogens with zero attached hydrogens (tertiary/aromatic N) is 8. The van der Waals surface area contributed by atoms with Gasteiger partial charge in [-0.25, -0.2) is 28.8 Å². The molecule has 3 saturated heterocycles. The van der Waals surface area contributed by atoms with Gasteiger partial charge in [0.25, 0.3) is 0 Å². The average Bonchev–Trinajstić information content (AvgIpc) is 3.47.